The lowest BCUT2D eigenvalue weighted by atomic mass is 10.1. The van der Waals surface area contributed by atoms with E-state index < -0.39 is 0 Å². The molecule has 17 heavy (non-hydrogen) atoms. The first kappa shape index (κ1) is 13.7. The zero-order valence-electron chi connectivity index (χ0n) is 11.0. The third kappa shape index (κ3) is 3.56. The van der Waals surface area contributed by atoms with Crippen LogP contribution in [0.15, 0.2) is 6.33 Å². The van der Waals surface area contributed by atoms with Crippen molar-refractivity contribution in [3.05, 3.63) is 11.9 Å². The Bertz CT molecular complexity index is 340. The van der Waals surface area contributed by atoms with E-state index in [1.54, 1.807) is 6.33 Å². The second-order valence-corrected chi connectivity index (χ2v) is 4.19. The van der Waals surface area contributed by atoms with Crippen LogP contribution in [0.2, 0.25) is 0 Å². The van der Waals surface area contributed by atoms with E-state index in [-0.39, 0.29) is 0 Å². The predicted molar refractivity (Wildman–Crippen MR) is 72.0 cm³/mol. The molecule has 0 aliphatic heterocycles. The van der Waals surface area contributed by atoms with E-state index in [1.807, 2.05) is 0 Å². The first-order valence-electron chi connectivity index (χ1n) is 6.26. The summed E-state index contributed by atoms with van der Waals surface area (Å²) in [7, 11) is 2.07. The van der Waals surface area contributed by atoms with Crippen molar-refractivity contribution in [1.29, 1.82) is 0 Å². The quantitative estimate of drug-likeness (QED) is 0.560. The van der Waals surface area contributed by atoms with Crippen molar-refractivity contribution in [3.63, 3.8) is 0 Å². The van der Waals surface area contributed by atoms with Crippen molar-refractivity contribution in [2.45, 2.75) is 39.5 Å². The van der Waals surface area contributed by atoms with E-state index in [0.717, 1.165) is 43.0 Å². The molecule has 0 aliphatic rings. The normalized spacial score (nSPS) is 10.4. The van der Waals surface area contributed by atoms with Crippen molar-refractivity contribution in [2.24, 2.45) is 5.84 Å². The molecule has 0 radical (unpaired) electrons. The van der Waals surface area contributed by atoms with Gasteiger partial charge in [0.15, 0.2) is 0 Å². The molecule has 1 aromatic rings. The number of anilines is 2. The minimum absolute atomic E-state index is 0.736. The number of nitrogens with one attached hydrogen (secondary N) is 1. The molecular weight excluding hydrogens is 214 g/mol. The SMILES string of the molecule is CCCCN(C)c1ncnc(NN)c1CCC. The van der Waals surface area contributed by atoms with Crippen molar-refractivity contribution >= 4 is 11.6 Å². The molecule has 96 valence electrons. The third-order valence-electron chi connectivity index (χ3n) is 2.77. The summed E-state index contributed by atoms with van der Waals surface area (Å²) >= 11 is 0. The highest BCUT2D eigenvalue weighted by molar-refractivity contribution is 5.58. The van der Waals surface area contributed by atoms with Crippen molar-refractivity contribution in [2.75, 3.05) is 23.9 Å². The molecule has 0 unspecified atom stereocenters. The van der Waals surface area contributed by atoms with Gasteiger partial charge in [-0.2, -0.15) is 0 Å². The first-order chi connectivity index (χ1) is 8.24. The van der Waals surface area contributed by atoms with Crippen LogP contribution in [-0.4, -0.2) is 23.6 Å². The van der Waals surface area contributed by atoms with Gasteiger partial charge in [-0.15, -0.1) is 0 Å². The molecule has 1 rings (SSSR count). The molecule has 1 heterocycles. The Balaban J connectivity index is 2.95. The highest BCUT2D eigenvalue weighted by Crippen LogP contribution is 2.23. The van der Waals surface area contributed by atoms with Crippen molar-refractivity contribution in [3.8, 4) is 0 Å². The first-order valence-corrected chi connectivity index (χ1v) is 6.26. The van der Waals surface area contributed by atoms with Crippen molar-refractivity contribution in [1.82, 2.24) is 9.97 Å². The number of rotatable bonds is 7. The molecule has 1 aromatic heterocycles. The fraction of sp³-hybridized carbons (Fsp3) is 0.667. The Hall–Kier alpha value is -1.36. The van der Waals surface area contributed by atoms with Crippen LogP contribution in [0.1, 0.15) is 38.7 Å². The smallest absolute Gasteiger partial charge is 0.148 e. The number of aromatic nitrogens is 2. The van der Waals surface area contributed by atoms with Gasteiger partial charge in [-0.25, -0.2) is 15.8 Å². The molecule has 0 bridgehead atoms. The van der Waals surface area contributed by atoms with Crippen LogP contribution < -0.4 is 16.2 Å². The summed E-state index contributed by atoms with van der Waals surface area (Å²) in [4.78, 5) is 10.7. The van der Waals surface area contributed by atoms with Crippen LogP contribution in [0.25, 0.3) is 0 Å². The molecule has 0 amide bonds. The number of nitrogen functional groups attached to an aromatic ring is 1. The molecule has 0 saturated carbocycles. The van der Waals surface area contributed by atoms with Crippen LogP contribution >= 0.6 is 0 Å². The molecule has 0 aliphatic carbocycles. The van der Waals surface area contributed by atoms with Gasteiger partial charge in [-0.1, -0.05) is 26.7 Å². The Morgan fingerprint density at radius 2 is 2.06 bits per heavy atom. The van der Waals surface area contributed by atoms with E-state index in [1.165, 1.54) is 6.42 Å². The summed E-state index contributed by atoms with van der Waals surface area (Å²) in [6, 6.07) is 0. The number of hydrogen-bond donors (Lipinski definition) is 2. The Labute approximate surface area is 103 Å². The standard InChI is InChI=1S/C12H23N5/c1-4-6-8-17(3)12-10(7-5-2)11(16-13)14-9-15-12/h9H,4-8,13H2,1-3H3,(H,14,15,16). The lowest BCUT2D eigenvalue weighted by Gasteiger charge is -2.21. The average Bonchev–Trinajstić information content (AvgIpc) is 2.36. The van der Waals surface area contributed by atoms with Gasteiger partial charge in [0, 0.05) is 19.2 Å². The van der Waals surface area contributed by atoms with E-state index in [2.05, 4.69) is 41.2 Å². The number of hydrogen-bond acceptors (Lipinski definition) is 5. The van der Waals surface area contributed by atoms with Gasteiger partial charge in [0.05, 0.1) is 0 Å². The monoisotopic (exact) mass is 237 g/mol. The molecule has 0 atom stereocenters. The summed E-state index contributed by atoms with van der Waals surface area (Å²) < 4.78 is 0. The van der Waals surface area contributed by atoms with Gasteiger partial charge in [-0.05, 0) is 12.8 Å². The van der Waals surface area contributed by atoms with Gasteiger partial charge in [0.2, 0.25) is 0 Å². The van der Waals surface area contributed by atoms with E-state index in [0.29, 0.717) is 0 Å². The van der Waals surface area contributed by atoms with E-state index in [9.17, 15) is 0 Å². The minimum Gasteiger partial charge on any atom is -0.359 e. The van der Waals surface area contributed by atoms with Gasteiger partial charge >= 0.3 is 0 Å². The molecule has 0 saturated heterocycles. The Morgan fingerprint density at radius 1 is 1.29 bits per heavy atom. The van der Waals surface area contributed by atoms with Crippen LogP contribution in [0.5, 0.6) is 0 Å². The molecule has 0 aromatic carbocycles. The molecule has 5 heteroatoms. The topological polar surface area (TPSA) is 67.1 Å². The molecule has 0 spiro atoms. The van der Waals surface area contributed by atoms with Crippen LogP contribution in [-0.2, 0) is 6.42 Å². The zero-order valence-corrected chi connectivity index (χ0v) is 11.0. The number of nitrogens with two attached hydrogens (primary N) is 1. The third-order valence-corrected chi connectivity index (χ3v) is 2.77. The summed E-state index contributed by atoms with van der Waals surface area (Å²) in [6.45, 7) is 5.34. The van der Waals surface area contributed by atoms with Gasteiger partial charge in [0.25, 0.3) is 0 Å². The minimum atomic E-state index is 0.736. The predicted octanol–water partition coefficient (Wildman–Crippen LogP) is 1.95. The lowest BCUT2D eigenvalue weighted by Crippen LogP contribution is -2.23. The summed E-state index contributed by atoms with van der Waals surface area (Å²) in [6.07, 6.45) is 5.90. The van der Waals surface area contributed by atoms with E-state index >= 15 is 0 Å². The number of hydrazine groups is 1. The van der Waals surface area contributed by atoms with Gasteiger partial charge in [0.1, 0.15) is 18.0 Å². The second kappa shape index (κ2) is 7.06. The fourth-order valence-electron chi connectivity index (χ4n) is 1.84. The van der Waals surface area contributed by atoms with Gasteiger partial charge in [-0.3, -0.25) is 0 Å². The summed E-state index contributed by atoms with van der Waals surface area (Å²) in [5.74, 6) is 7.22. The molecular formula is C12H23N5. The maximum Gasteiger partial charge on any atom is 0.148 e. The zero-order chi connectivity index (χ0) is 12.7. The fourth-order valence-corrected chi connectivity index (χ4v) is 1.84. The molecule has 0 fully saturated rings. The van der Waals surface area contributed by atoms with Crippen LogP contribution in [0.3, 0.4) is 0 Å². The number of nitrogens with zero attached hydrogens (tertiary/aromatic N) is 3. The average molecular weight is 237 g/mol. The van der Waals surface area contributed by atoms with Crippen LogP contribution in [0, 0.1) is 0 Å². The highest BCUT2D eigenvalue weighted by Gasteiger charge is 2.13. The maximum absolute atomic E-state index is 5.49. The Kier molecular flexibility index (Phi) is 5.69. The van der Waals surface area contributed by atoms with Crippen LogP contribution in [0.4, 0.5) is 11.6 Å². The van der Waals surface area contributed by atoms with E-state index in [4.69, 9.17) is 5.84 Å². The molecule has 3 N–H and O–H groups in total. The summed E-state index contributed by atoms with van der Waals surface area (Å²) in [5, 5.41) is 0. The maximum atomic E-state index is 5.49. The second-order valence-electron chi connectivity index (χ2n) is 4.19. The number of unbranched alkanes of at least 4 members (excludes halogenated alkanes) is 1. The van der Waals surface area contributed by atoms with Gasteiger partial charge < -0.3 is 10.3 Å². The Morgan fingerprint density at radius 3 is 2.65 bits per heavy atom. The largest absolute Gasteiger partial charge is 0.359 e. The summed E-state index contributed by atoms with van der Waals surface area (Å²) in [5.41, 5.74) is 3.76. The highest BCUT2D eigenvalue weighted by atomic mass is 15.3. The lowest BCUT2D eigenvalue weighted by molar-refractivity contribution is 0.750. The van der Waals surface area contributed by atoms with Crippen molar-refractivity contribution < 1.29 is 0 Å². The molecule has 5 nitrogen and oxygen atoms in total.